The Morgan fingerprint density at radius 2 is 1.76 bits per heavy atom. The molecule has 0 radical (unpaired) electrons. The topological polar surface area (TPSA) is 38.7 Å². The molecule has 0 aliphatic carbocycles. The SMILES string of the molecule is C=CC[C@H](O)Cc1c(Br)c(OC)c2ccccc2c1OC. The highest BCUT2D eigenvalue weighted by atomic mass is 79.9. The van der Waals surface area contributed by atoms with Gasteiger partial charge in [-0.05, 0) is 22.4 Å². The lowest BCUT2D eigenvalue weighted by atomic mass is 9.99. The molecule has 1 atom stereocenters. The predicted octanol–water partition coefficient (Wildman–Crippen LogP) is 4.10. The van der Waals surface area contributed by atoms with Crippen molar-refractivity contribution in [3.63, 3.8) is 0 Å². The molecule has 0 unspecified atom stereocenters. The molecule has 21 heavy (non-hydrogen) atoms. The number of fused-ring (bicyclic) bond motifs is 1. The fourth-order valence-electron chi connectivity index (χ4n) is 2.52. The highest BCUT2D eigenvalue weighted by Crippen LogP contribution is 2.44. The number of halogens is 1. The molecule has 2 rings (SSSR count). The van der Waals surface area contributed by atoms with Crippen LogP contribution in [0.15, 0.2) is 41.4 Å². The quantitative estimate of drug-likeness (QED) is 0.797. The van der Waals surface area contributed by atoms with Crippen molar-refractivity contribution in [1.82, 2.24) is 0 Å². The van der Waals surface area contributed by atoms with E-state index >= 15 is 0 Å². The molecule has 4 heteroatoms. The van der Waals surface area contributed by atoms with Crippen molar-refractivity contribution in [1.29, 1.82) is 0 Å². The van der Waals surface area contributed by atoms with Crippen LogP contribution < -0.4 is 9.47 Å². The second-order valence-corrected chi connectivity index (χ2v) is 5.58. The van der Waals surface area contributed by atoms with Crippen molar-refractivity contribution in [2.45, 2.75) is 18.9 Å². The van der Waals surface area contributed by atoms with E-state index in [2.05, 4.69) is 22.5 Å². The Kier molecular flexibility index (Phi) is 5.26. The number of ether oxygens (including phenoxy) is 2. The number of rotatable bonds is 6. The molecule has 2 aromatic rings. The molecule has 0 saturated carbocycles. The van der Waals surface area contributed by atoms with Crippen LogP contribution in [-0.2, 0) is 6.42 Å². The van der Waals surface area contributed by atoms with Gasteiger partial charge in [-0.2, -0.15) is 0 Å². The molecular weight excluding hydrogens is 332 g/mol. The van der Waals surface area contributed by atoms with Gasteiger partial charge in [-0.15, -0.1) is 6.58 Å². The molecular formula is C17H19BrO3. The summed E-state index contributed by atoms with van der Waals surface area (Å²) in [5.74, 6) is 1.52. The van der Waals surface area contributed by atoms with Gasteiger partial charge in [-0.3, -0.25) is 0 Å². The average molecular weight is 351 g/mol. The molecule has 0 aliphatic rings. The Balaban J connectivity index is 2.67. The van der Waals surface area contributed by atoms with Gasteiger partial charge in [-0.25, -0.2) is 0 Å². The van der Waals surface area contributed by atoms with Crippen molar-refractivity contribution < 1.29 is 14.6 Å². The van der Waals surface area contributed by atoms with Crippen LogP contribution in [-0.4, -0.2) is 25.4 Å². The van der Waals surface area contributed by atoms with Crippen molar-refractivity contribution in [2.75, 3.05) is 14.2 Å². The highest BCUT2D eigenvalue weighted by molar-refractivity contribution is 9.10. The molecule has 0 fully saturated rings. The summed E-state index contributed by atoms with van der Waals surface area (Å²) in [6.45, 7) is 3.66. The van der Waals surface area contributed by atoms with Gasteiger partial charge >= 0.3 is 0 Å². The predicted molar refractivity (Wildman–Crippen MR) is 89.3 cm³/mol. The molecule has 0 aromatic heterocycles. The van der Waals surface area contributed by atoms with Gasteiger partial charge < -0.3 is 14.6 Å². The lowest BCUT2D eigenvalue weighted by Gasteiger charge is -2.19. The number of benzene rings is 2. The monoisotopic (exact) mass is 350 g/mol. The molecule has 0 amide bonds. The standard InChI is InChI=1S/C17H19BrO3/c1-4-7-11(19)10-14-15(18)17(21-3)13-9-6-5-8-12(13)16(14)20-2/h4-6,8-9,11,19H,1,7,10H2,2-3H3/t11-/m0/s1. The summed E-state index contributed by atoms with van der Waals surface area (Å²) in [5.41, 5.74) is 0.905. The normalized spacial score (nSPS) is 12.2. The summed E-state index contributed by atoms with van der Waals surface area (Å²) >= 11 is 3.59. The largest absolute Gasteiger partial charge is 0.496 e. The Bertz CT molecular complexity index is 652. The van der Waals surface area contributed by atoms with Crippen molar-refractivity contribution >= 4 is 26.7 Å². The summed E-state index contributed by atoms with van der Waals surface area (Å²) in [7, 11) is 3.28. The van der Waals surface area contributed by atoms with E-state index in [-0.39, 0.29) is 0 Å². The van der Waals surface area contributed by atoms with Gasteiger partial charge in [0.05, 0.1) is 24.8 Å². The molecule has 0 heterocycles. The number of hydrogen-bond donors (Lipinski definition) is 1. The van der Waals surface area contributed by atoms with E-state index in [1.807, 2.05) is 24.3 Å². The smallest absolute Gasteiger partial charge is 0.141 e. The third-order valence-corrected chi connectivity index (χ3v) is 4.28. The van der Waals surface area contributed by atoms with Crippen LogP contribution in [0.1, 0.15) is 12.0 Å². The molecule has 0 saturated heterocycles. The zero-order valence-electron chi connectivity index (χ0n) is 12.2. The minimum atomic E-state index is -0.501. The first-order valence-electron chi connectivity index (χ1n) is 6.74. The fourth-order valence-corrected chi connectivity index (χ4v) is 3.24. The molecule has 1 N–H and O–H groups in total. The number of methoxy groups -OCH3 is 2. The van der Waals surface area contributed by atoms with Gasteiger partial charge in [0.2, 0.25) is 0 Å². The first-order chi connectivity index (χ1) is 10.1. The minimum Gasteiger partial charge on any atom is -0.496 e. The third-order valence-electron chi connectivity index (χ3n) is 3.44. The summed E-state index contributed by atoms with van der Waals surface area (Å²) in [4.78, 5) is 0. The minimum absolute atomic E-state index is 0.469. The second-order valence-electron chi connectivity index (χ2n) is 4.79. The zero-order chi connectivity index (χ0) is 15.4. The van der Waals surface area contributed by atoms with E-state index in [0.717, 1.165) is 32.3 Å². The van der Waals surface area contributed by atoms with Crippen LogP contribution in [0.3, 0.4) is 0 Å². The zero-order valence-corrected chi connectivity index (χ0v) is 13.8. The van der Waals surface area contributed by atoms with E-state index in [9.17, 15) is 5.11 Å². The maximum Gasteiger partial charge on any atom is 0.141 e. The van der Waals surface area contributed by atoms with Crippen LogP contribution in [0.2, 0.25) is 0 Å². The van der Waals surface area contributed by atoms with Crippen molar-refractivity contribution in [3.05, 3.63) is 47.0 Å². The second kappa shape index (κ2) is 6.96. The molecule has 0 spiro atoms. The Labute approximate surface area is 133 Å². The lowest BCUT2D eigenvalue weighted by molar-refractivity contribution is 0.177. The fraction of sp³-hybridized carbons (Fsp3) is 0.294. The summed E-state index contributed by atoms with van der Waals surface area (Å²) in [6.07, 6.45) is 2.21. The van der Waals surface area contributed by atoms with Gasteiger partial charge in [0.1, 0.15) is 11.5 Å². The van der Waals surface area contributed by atoms with Crippen molar-refractivity contribution in [2.24, 2.45) is 0 Å². The van der Waals surface area contributed by atoms with Gasteiger partial charge in [0, 0.05) is 22.8 Å². The third kappa shape index (κ3) is 3.06. The molecule has 3 nitrogen and oxygen atoms in total. The van der Waals surface area contributed by atoms with E-state index in [1.54, 1.807) is 20.3 Å². The molecule has 0 aliphatic heterocycles. The highest BCUT2D eigenvalue weighted by Gasteiger charge is 2.20. The van der Waals surface area contributed by atoms with Crippen LogP contribution in [0, 0.1) is 0 Å². The average Bonchev–Trinajstić information content (AvgIpc) is 2.48. The van der Waals surface area contributed by atoms with Gasteiger partial charge in [0.25, 0.3) is 0 Å². The Hall–Kier alpha value is -1.52. The maximum absolute atomic E-state index is 10.1. The van der Waals surface area contributed by atoms with Crippen LogP contribution in [0.25, 0.3) is 10.8 Å². The van der Waals surface area contributed by atoms with E-state index in [1.165, 1.54) is 0 Å². The first-order valence-corrected chi connectivity index (χ1v) is 7.53. The van der Waals surface area contributed by atoms with Crippen LogP contribution in [0.4, 0.5) is 0 Å². The van der Waals surface area contributed by atoms with Crippen LogP contribution >= 0.6 is 15.9 Å². The number of aliphatic hydroxyl groups is 1. The van der Waals surface area contributed by atoms with E-state index in [4.69, 9.17) is 9.47 Å². The summed E-state index contributed by atoms with van der Waals surface area (Å²) in [5, 5.41) is 12.0. The summed E-state index contributed by atoms with van der Waals surface area (Å²) < 4.78 is 12.0. The Morgan fingerprint density at radius 3 is 2.29 bits per heavy atom. The Morgan fingerprint density at radius 1 is 1.19 bits per heavy atom. The molecule has 2 aromatic carbocycles. The summed E-state index contributed by atoms with van der Waals surface area (Å²) in [6, 6.07) is 7.91. The van der Waals surface area contributed by atoms with Gasteiger partial charge in [0.15, 0.2) is 0 Å². The van der Waals surface area contributed by atoms with E-state index in [0.29, 0.717) is 12.8 Å². The van der Waals surface area contributed by atoms with E-state index < -0.39 is 6.10 Å². The van der Waals surface area contributed by atoms with Gasteiger partial charge in [-0.1, -0.05) is 30.3 Å². The molecule has 0 bridgehead atoms. The maximum atomic E-state index is 10.1. The lowest BCUT2D eigenvalue weighted by Crippen LogP contribution is -2.11. The van der Waals surface area contributed by atoms with Crippen LogP contribution in [0.5, 0.6) is 11.5 Å². The number of aliphatic hydroxyl groups excluding tert-OH is 1. The van der Waals surface area contributed by atoms with Crippen molar-refractivity contribution in [3.8, 4) is 11.5 Å². The number of hydrogen-bond acceptors (Lipinski definition) is 3. The first kappa shape index (κ1) is 15.9. The molecule has 112 valence electrons.